The third kappa shape index (κ3) is 4.33. The van der Waals surface area contributed by atoms with Gasteiger partial charge in [-0.1, -0.05) is 18.2 Å². The fourth-order valence-electron chi connectivity index (χ4n) is 3.29. The molecule has 1 aromatic carbocycles. The summed E-state index contributed by atoms with van der Waals surface area (Å²) in [6.07, 6.45) is 4.03. The average molecular weight is 473 g/mol. The van der Waals surface area contributed by atoms with E-state index in [0.29, 0.717) is 5.70 Å². The van der Waals surface area contributed by atoms with E-state index in [1.54, 1.807) is 11.0 Å². The van der Waals surface area contributed by atoms with Gasteiger partial charge in [0.15, 0.2) is 5.82 Å². The van der Waals surface area contributed by atoms with Crippen molar-refractivity contribution >= 4 is 34.7 Å². The van der Waals surface area contributed by atoms with Gasteiger partial charge in [0.25, 0.3) is 0 Å². The molecule has 0 saturated carbocycles. The van der Waals surface area contributed by atoms with Crippen LogP contribution < -0.4 is 11.1 Å². The zero-order valence-electron chi connectivity index (χ0n) is 16.9. The molecule has 0 amide bonds. The number of aromatic nitrogens is 3. The van der Waals surface area contributed by atoms with Crippen molar-refractivity contribution in [1.29, 1.82) is 5.26 Å². The van der Waals surface area contributed by atoms with Gasteiger partial charge in [-0.05, 0) is 12.1 Å². The summed E-state index contributed by atoms with van der Waals surface area (Å²) >= 11 is 6.14. The SMILES string of the molecule is C=C(/C=C(\N=C/N)Nc1ncc(F)c2nn(-c3c(Cl)cc(F)cc3C#N)cc12)N1CC(F)C1. The molecule has 1 aliphatic rings. The summed E-state index contributed by atoms with van der Waals surface area (Å²) in [6.45, 7) is 4.33. The van der Waals surface area contributed by atoms with E-state index in [2.05, 4.69) is 27.0 Å². The number of halogens is 4. The summed E-state index contributed by atoms with van der Waals surface area (Å²) in [7, 11) is 0. The van der Waals surface area contributed by atoms with Crippen LogP contribution in [0.5, 0.6) is 0 Å². The van der Waals surface area contributed by atoms with Crippen LogP contribution in [-0.2, 0) is 0 Å². The third-order valence-corrected chi connectivity index (χ3v) is 5.18. The van der Waals surface area contributed by atoms with Gasteiger partial charge in [-0.2, -0.15) is 10.4 Å². The number of anilines is 1. The van der Waals surface area contributed by atoms with E-state index in [4.69, 9.17) is 17.3 Å². The Morgan fingerprint density at radius 3 is 2.82 bits per heavy atom. The van der Waals surface area contributed by atoms with E-state index < -0.39 is 17.8 Å². The Kier molecular flexibility index (Phi) is 5.93. The quantitative estimate of drug-likeness (QED) is 0.322. The summed E-state index contributed by atoms with van der Waals surface area (Å²) in [4.78, 5) is 9.79. The summed E-state index contributed by atoms with van der Waals surface area (Å²) < 4.78 is 42.5. The largest absolute Gasteiger partial charge is 0.390 e. The van der Waals surface area contributed by atoms with E-state index in [0.717, 1.165) is 24.7 Å². The lowest BCUT2D eigenvalue weighted by atomic mass is 10.1. The van der Waals surface area contributed by atoms with Crippen molar-refractivity contribution in [3.05, 3.63) is 70.9 Å². The van der Waals surface area contributed by atoms with Gasteiger partial charge in [0.1, 0.15) is 40.9 Å². The first-order valence-corrected chi connectivity index (χ1v) is 9.92. The minimum atomic E-state index is -0.912. The molecule has 3 N–H and O–H groups in total. The monoisotopic (exact) mass is 472 g/mol. The second-order valence-corrected chi connectivity index (χ2v) is 7.52. The average Bonchev–Trinajstić information content (AvgIpc) is 3.18. The van der Waals surface area contributed by atoms with Gasteiger partial charge in [-0.25, -0.2) is 27.8 Å². The minimum Gasteiger partial charge on any atom is -0.390 e. The number of fused-ring (bicyclic) bond motifs is 1. The van der Waals surface area contributed by atoms with E-state index in [-0.39, 0.29) is 51.9 Å². The summed E-state index contributed by atoms with van der Waals surface area (Å²) in [5.41, 5.74) is 5.87. The van der Waals surface area contributed by atoms with Gasteiger partial charge in [-0.3, -0.25) is 0 Å². The number of pyridine rings is 1. The Morgan fingerprint density at radius 1 is 1.39 bits per heavy atom. The second-order valence-electron chi connectivity index (χ2n) is 7.11. The molecule has 168 valence electrons. The number of aliphatic imine (C=N–C) groups is 1. The van der Waals surface area contributed by atoms with Gasteiger partial charge in [0.05, 0.1) is 41.6 Å². The lowest BCUT2D eigenvalue weighted by molar-refractivity contribution is 0.103. The van der Waals surface area contributed by atoms with Crippen molar-refractivity contribution in [3.63, 3.8) is 0 Å². The molecule has 1 fully saturated rings. The van der Waals surface area contributed by atoms with E-state index >= 15 is 0 Å². The predicted octanol–water partition coefficient (Wildman–Crippen LogP) is 3.63. The maximum Gasteiger partial charge on any atom is 0.169 e. The molecule has 0 unspecified atom stereocenters. The van der Waals surface area contributed by atoms with Gasteiger partial charge in [-0.15, -0.1) is 0 Å². The number of allylic oxidation sites excluding steroid dienone is 1. The van der Waals surface area contributed by atoms with Crippen LogP contribution in [0, 0.1) is 23.0 Å². The molecule has 0 spiro atoms. The molecule has 12 heteroatoms. The van der Waals surface area contributed by atoms with Crippen LogP contribution in [-0.4, -0.2) is 45.3 Å². The molecule has 1 aliphatic heterocycles. The molecular weight excluding hydrogens is 457 g/mol. The van der Waals surface area contributed by atoms with Crippen molar-refractivity contribution in [3.8, 4) is 11.8 Å². The maximum atomic E-state index is 14.5. The molecule has 0 aliphatic carbocycles. The molecule has 3 aromatic rings. The number of benzene rings is 1. The maximum absolute atomic E-state index is 14.5. The highest BCUT2D eigenvalue weighted by atomic mass is 35.5. The minimum absolute atomic E-state index is 0.0744. The van der Waals surface area contributed by atoms with Crippen LogP contribution in [0.1, 0.15) is 5.56 Å². The van der Waals surface area contributed by atoms with Crippen LogP contribution in [0.25, 0.3) is 16.6 Å². The fourth-order valence-corrected chi connectivity index (χ4v) is 3.58. The third-order valence-electron chi connectivity index (χ3n) is 4.89. The van der Waals surface area contributed by atoms with Crippen LogP contribution >= 0.6 is 11.6 Å². The van der Waals surface area contributed by atoms with Crippen molar-refractivity contribution in [2.24, 2.45) is 10.7 Å². The predicted molar refractivity (Wildman–Crippen MR) is 119 cm³/mol. The van der Waals surface area contributed by atoms with Crippen LogP contribution in [0.4, 0.5) is 19.0 Å². The summed E-state index contributed by atoms with van der Waals surface area (Å²) in [5.74, 6) is -1.03. The van der Waals surface area contributed by atoms with Crippen LogP contribution in [0.15, 0.2) is 53.7 Å². The molecule has 1 saturated heterocycles. The van der Waals surface area contributed by atoms with E-state index in [1.165, 1.54) is 10.9 Å². The Hall–Kier alpha value is -4.04. The van der Waals surface area contributed by atoms with Gasteiger partial charge in [0, 0.05) is 18.0 Å². The second kappa shape index (κ2) is 8.84. The molecule has 4 rings (SSSR count). The Morgan fingerprint density at radius 2 is 2.15 bits per heavy atom. The normalized spacial score (nSPS) is 14.5. The van der Waals surface area contributed by atoms with E-state index in [9.17, 15) is 18.4 Å². The van der Waals surface area contributed by atoms with Crippen molar-refractivity contribution in [2.75, 3.05) is 18.4 Å². The number of likely N-dealkylation sites (tertiary alicyclic amines) is 1. The lowest BCUT2D eigenvalue weighted by Crippen LogP contribution is -2.46. The molecular formula is C21H16ClF3N8. The number of nitrogens with two attached hydrogens (primary N) is 1. The van der Waals surface area contributed by atoms with Gasteiger partial charge >= 0.3 is 0 Å². The number of nitrogens with one attached hydrogen (secondary N) is 1. The highest BCUT2D eigenvalue weighted by molar-refractivity contribution is 6.32. The smallest absolute Gasteiger partial charge is 0.169 e. The number of rotatable bonds is 6. The van der Waals surface area contributed by atoms with Gasteiger partial charge in [0.2, 0.25) is 0 Å². The Balaban J connectivity index is 1.76. The highest BCUT2D eigenvalue weighted by Gasteiger charge is 2.26. The van der Waals surface area contributed by atoms with Gasteiger partial charge < -0.3 is 16.0 Å². The first-order chi connectivity index (χ1) is 15.8. The molecule has 2 aromatic heterocycles. The zero-order valence-corrected chi connectivity index (χ0v) is 17.7. The molecule has 0 radical (unpaired) electrons. The van der Waals surface area contributed by atoms with Crippen LogP contribution in [0.2, 0.25) is 5.02 Å². The molecule has 33 heavy (non-hydrogen) atoms. The zero-order chi connectivity index (χ0) is 23.7. The molecule has 0 atom stereocenters. The summed E-state index contributed by atoms with van der Waals surface area (Å²) in [5, 5.41) is 16.6. The number of hydrogen-bond acceptors (Lipinski definition) is 6. The van der Waals surface area contributed by atoms with Crippen molar-refractivity contribution < 1.29 is 13.2 Å². The molecule has 8 nitrogen and oxygen atoms in total. The number of hydrogen-bond donors (Lipinski definition) is 2. The molecule has 0 bridgehead atoms. The highest BCUT2D eigenvalue weighted by Crippen LogP contribution is 2.30. The van der Waals surface area contributed by atoms with E-state index in [1.807, 2.05) is 6.07 Å². The van der Waals surface area contributed by atoms with Crippen molar-refractivity contribution in [2.45, 2.75) is 6.17 Å². The Bertz CT molecular complexity index is 1350. The Labute approximate surface area is 191 Å². The topological polar surface area (TPSA) is 108 Å². The number of nitriles is 1. The van der Waals surface area contributed by atoms with Crippen LogP contribution in [0.3, 0.4) is 0 Å². The first kappa shape index (κ1) is 22.2. The lowest BCUT2D eigenvalue weighted by Gasteiger charge is -2.36. The number of alkyl halides is 1. The van der Waals surface area contributed by atoms with Crippen molar-refractivity contribution in [1.82, 2.24) is 19.7 Å². The molecule has 3 heterocycles. The standard InChI is InChI=1S/C21H16ClF3N8/c1-11(32-7-14(24)8-32)2-18(29-10-27)30-21-15-9-33(31-19(15)17(25)6-28-21)20-12(5-26)3-13(23)4-16(20)22/h2-4,6,9-10,14H,1,7-8H2,(H2,27,29)(H,28,30)/b18-2+. The fraction of sp³-hybridized carbons (Fsp3) is 0.143. The number of nitrogens with zero attached hydrogens (tertiary/aromatic N) is 6. The summed E-state index contributed by atoms with van der Waals surface area (Å²) in [6, 6.07) is 3.88. The first-order valence-electron chi connectivity index (χ1n) is 9.55.